The Kier molecular flexibility index (Phi) is 1.91. The summed E-state index contributed by atoms with van der Waals surface area (Å²) in [4.78, 5) is 0. The average Bonchev–Trinajstić information content (AvgIpc) is 3.03. The van der Waals surface area contributed by atoms with Gasteiger partial charge in [-0.1, -0.05) is 25.0 Å². The molecule has 0 aliphatic heterocycles. The lowest BCUT2D eigenvalue weighted by Crippen LogP contribution is -2.29. The van der Waals surface area contributed by atoms with Crippen LogP contribution >= 0.6 is 0 Å². The van der Waals surface area contributed by atoms with Crippen LogP contribution in [0.5, 0.6) is 0 Å². The first-order valence-electron chi connectivity index (χ1n) is 7.56. The minimum Gasteiger partial charge on any atom is -0.0676 e. The molecule has 4 bridgehead atoms. The van der Waals surface area contributed by atoms with Gasteiger partial charge in [-0.2, -0.15) is 0 Å². The molecule has 4 rings (SSSR count). The molecule has 0 spiro atoms. The van der Waals surface area contributed by atoms with Crippen LogP contribution in [0.15, 0.2) is 11.1 Å². The van der Waals surface area contributed by atoms with E-state index in [2.05, 4.69) is 13.8 Å². The van der Waals surface area contributed by atoms with Crippen LogP contribution in [0, 0.1) is 35.5 Å². The van der Waals surface area contributed by atoms with Crippen molar-refractivity contribution in [3.05, 3.63) is 11.1 Å². The van der Waals surface area contributed by atoms with Gasteiger partial charge in [0.1, 0.15) is 0 Å². The van der Waals surface area contributed by atoms with Gasteiger partial charge >= 0.3 is 0 Å². The van der Waals surface area contributed by atoms with Crippen molar-refractivity contribution < 1.29 is 0 Å². The highest BCUT2D eigenvalue weighted by atomic mass is 14.7. The third-order valence-corrected chi connectivity index (χ3v) is 6.55. The van der Waals surface area contributed by atoms with Crippen LogP contribution in [0.3, 0.4) is 0 Å². The third-order valence-electron chi connectivity index (χ3n) is 6.55. The Labute approximate surface area is 99.5 Å². The van der Waals surface area contributed by atoms with Crippen molar-refractivity contribution in [1.82, 2.24) is 0 Å². The van der Waals surface area contributed by atoms with Crippen LogP contribution in [0.2, 0.25) is 0 Å². The molecule has 4 aliphatic rings. The Balaban J connectivity index is 1.76. The normalized spacial score (nSPS) is 52.9. The summed E-state index contributed by atoms with van der Waals surface area (Å²) >= 11 is 0. The van der Waals surface area contributed by atoms with Crippen molar-refractivity contribution >= 4 is 0 Å². The zero-order chi connectivity index (χ0) is 10.9. The van der Waals surface area contributed by atoms with Gasteiger partial charge in [0.2, 0.25) is 0 Å². The van der Waals surface area contributed by atoms with Crippen molar-refractivity contribution in [3.63, 3.8) is 0 Å². The van der Waals surface area contributed by atoms with Crippen LogP contribution in [0.1, 0.15) is 52.4 Å². The molecule has 0 nitrogen and oxygen atoms in total. The summed E-state index contributed by atoms with van der Waals surface area (Å²) in [5.41, 5.74) is 3.84. The number of hydrogen-bond acceptors (Lipinski definition) is 0. The molecule has 16 heavy (non-hydrogen) atoms. The van der Waals surface area contributed by atoms with E-state index in [1.165, 1.54) is 12.8 Å². The molecule has 3 saturated carbocycles. The first-order chi connectivity index (χ1) is 7.85. The van der Waals surface area contributed by atoms with E-state index in [9.17, 15) is 0 Å². The lowest BCUT2D eigenvalue weighted by atomic mass is 9.68. The second kappa shape index (κ2) is 3.15. The van der Waals surface area contributed by atoms with Gasteiger partial charge in [-0.3, -0.25) is 0 Å². The van der Waals surface area contributed by atoms with Gasteiger partial charge in [-0.15, -0.1) is 0 Å². The van der Waals surface area contributed by atoms with E-state index >= 15 is 0 Å². The Bertz CT molecular complexity index is 319. The van der Waals surface area contributed by atoms with E-state index in [0.717, 1.165) is 35.5 Å². The van der Waals surface area contributed by atoms with Gasteiger partial charge < -0.3 is 0 Å². The maximum absolute atomic E-state index is 2.40. The molecule has 0 N–H and O–H groups in total. The van der Waals surface area contributed by atoms with Crippen molar-refractivity contribution in [2.24, 2.45) is 35.5 Å². The minimum atomic E-state index is 1.05. The zero-order valence-corrected chi connectivity index (χ0v) is 10.7. The number of rotatable bonds is 2. The predicted octanol–water partition coefficient (Wildman–Crippen LogP) is 4.42. The second-order valence-electron chi connectivity index (χ2n) is 6.69. The zero-order valence-electron chi connectivity index (χ0n) is 10.7. The largest absolute Gasteiger partial charge is 0.0676 e. The molecule has 3 fully saturated rings. The molecule has 0 amide bonds. The van der Waals surface area contributed by atoms with E-state index in [4.69, 9.17) is 0 Å². The molecule has 6 unspecified atom stereocenters. The molecular weight excluding hydrogens is 192 g/mol. The number of allylic oxidation sites excluding steroid dienone is 2. The topological polar surface area (TPSA) is 0 Å². The Morgan fingerprint density at radius 2 is 1.31 bits per heavy atom. The predicted molar refractivity (Wildman–Crippen MR) is 67.0 cm³/mol. The Morgan fingerprint density at radius 1 is 0.812 bits per heavy atom. The average molecular weight is 216 g/mol. The fourth-order valence-corrected chi connectivity index (χ4v) is 6.37. The first kappa shape index (κ1) is 9.74. The molecule has 0 heterocycles. The standard InChI is InChI=1S/C16H24/c1-3-11-12(4-2)14-8-13(11)15-9-5-6-10(7-9)16(14)15/h9-10,13-16H,3-8H2,1-2H3. The van der Waals surface area contributed by atoms with E-state index < -0.39 is 0 Å². The van der Waals surface area contributed by atoms with E-state index in [-0.39, 0.29) is 0 Å². The van der Waals surface area contributed by atoms with Gasteiger partial charge in [-0.05, 0) is 74.0 Å². The highest BCUT2D eigenvalue weighted by Crippen LogP contribution is 2.69. The van der Waals surface area contributed by atoms with Crippen molar-refractivity contribution in [1.29, 1.82) is 0 Å². The summed E-state index contributed by atoms with van der Waals surface area (Å²) in [6.45, 7) is 4.79. The fraction of sp³-hybridized carbons (Fsp3) is 0.875. The number of hydrogen-bond donors (Lipinski definition) is 0. The monoisotopic (exact) mass is 216 g/mol. The van der Waals surface area contributed by atoms with Crippen LogP contribution < -0.4 is 0 Å². The molecule has 0 radical (unpaired) electrons. The number of fused-ring (bicyclic) bond motifs is 9. The highest BCUT2D eigenvalue weighted by Gasteiger charge is 2.61. The maximum atomic E-state index is 2.40. The summed E-state index contributed by atoms with van der Waals surface area (Å²) < 4.78 is 0. The molecule has 4 aliphatic carbocycles. The van der Waals surface area contributed by atoms with Crippen molar-refractivity contribution in [2.75, 3.05) is 0 Å². The highest BCUT2D eigenvalue weighted by molar-refractivity contribution is 5.34. The molecule has 0 aromatic carbocycles. The van der Waals surface area contributed by atoms with Crippen molar-refractivity contribution in [2.45, 2.75) is 52.4 Å². The van der Waals surface area contributed by atoms with E-state index in [1.54, 1.807) is 25.7 Å². The summed E-state index contributed by atoms with van der Waals surface area (Å²) in [6.07, 6.45) is 9.03. The van der Waals surface area contributed by atoms with Crippen LogP contribution in [-0.4, -0.2) is 0 Å². The summed E-state index contributed by atoms with van der Waals surface area (Å²) in [5, 5.41) is 0. The molecule has 0 aromatic heterocycles. The van der Waals surface area contributed by atoms with Crippen LogP contribution in [0.25, 0.3) is 0 Å². The van der Waals surface area contributed by atoms with Crippen LogP contribution in [-0.2, 0) is 0 Å². The molecular formula is C16H24. The van der Waals surface area contributed by atoms with Gasteiger partial charge in [0.05, 0.1) is 0 Å². The van der Waals surface area contributed by atoms with Gasteiger partial charge in [-0.25, -0.2) is 0 Å². The van der Waals surface area contributed by atoms with Gasteiger partial charge in [0, 0.05) is 0 Å². The summed E-state index contributed by atoms with van der Waals surface area (Å²) in [6, 6.07) is 0. The summed E-state index contributed by atoms with van der Waals surface area (Å²) in [5.74, 6) is 6.67. The Morgan fingerprint density at radius 3 is 1.75 bits per heavy atom. The van der Waals surface area contributed by atoms with Crippen LogP contribution in [0.4, 0.5) is 0 Å². The van der Waals surface area contributed by atoms with E-state index in [0.29, 0.717) is 0 Å². The van der Waals surface area contributed by atoms with Crippen molar-refractivity contribution in [3.8, 4) is 0 Å². The fourth-order valence-electron chi connectivity index (χ4n) is 6.37. The third kappa shape index (κ3) is 0.939. The smallest absolute Gasteiger partial charge is 0.0161 e. The molecule has 6 atom stereocenters. The second-order valence-corrected chi connectivity index (χ2v) is 6.69. The minimum absolute atomic E-state index is 1.05. The quantitative estimate of drug-likeness (QED) is 0.473. The molecule has 0 saturated heterocycles. The lowest BCUT2D eigenvalue weighted by molar-refractivity contribution is 0.192. The molecule has 0 heteroatoms. The van der Waals surface area contributed by atoms with Gasteiger partial charge in [0.15, 0.2) is 0 Å². The Hall–Kier alpha value is -0.260. The van der Waals surface area contributed by atoms with E-state index in [1.807, 2.05) is 11.1 Å². The first-order valence-corrected chi connectivity index (χ1v) is 7.56. The maximum Gasteiger partial charge on any atom is -0.0161 e. The molecule has 0 aromatic rings. The van der Waals surface area contributed by atoms with Gasteiger partial charge in [0.25, 0.3) is 0 Å². The molecule has 88 valence electrons. The lowest BCUT2D eigenvalue weighted by Gasteiger charge is -2.37. The SMILES string of the molecule is CCC1=C(CC)C2CC1C1C3CCC(C3)C21. The summed E-state index contributed by atoms with van der Waals surface area (Å²) in [7, 11) is 0.